The van der Waals surface area contributed by atoms with E-state index in [0.717, 1.165) is 5.56 Å². The molecule has 1 aromatic carbocycles. The average Bonchev–Trinajstić information content (AvgIpc) is 2.14. The van der Waals surface area contributed by atoms with E-state index in [2.05, 4.69) is 0 Å². The van der Waals surface area contributed by atoms with Gasteiger partial charge < -0.3 is 5.73 Å². The molecule has 0 radical (unpaired) electrons. The van der Waals surface area contributed by atoms with E-state index < -0.39 is 10.0 Å². The molecule has 0 aliphatic heterocycles. The van der Waals surface area contributed by atoms with Crippen molar-refractivity contribution >= 4 is 10.0 Å². The maximum atomic E-state index is 10.9. The molecular weight excluding hydrogens is 200 g/mol. The monoisotopic (exact) mass is 212 g/mol. The van der Waals surface area contributed by atoms with E-state index in [0.29, 0.717) is 6.42 Å². The van der Waals surface area contributed by atoms with Gasteiger partial charge in [0, 0.05) is 0 Å². The van der Waals surface area contributed by atoms with Crippen LogP contribution >= 0.6 is 0 Å². The van der Waals surface area contributed by atoms with Gasteiger partial charge in [0.1, 0.15) is 0 Å². The Kier molecular flexibility index (Phi) is 3.27. The summed E-state index contributed by atoms with van der Waals surface area (Å²) in [5.74, 6) is 0. The van der Waals surface area contributed by atoms with Gasteiger partial charge in [-0.2, -0.15) is 0 Å². The molecule has 0 amide bonds. The molecule has 0 saturated heterocycles. The first-order valence-corrected chi connectivity index (χ1v) is 5.57. The molecule has 0 atom stereocenters. The number of rotatable bonds is 3. The second kappa shape index (κ2) is 4.26. The summed E-state index contributed by atoms with van der Waals surface area (Å²) in [4.78, 5) is 0.123. The second-order valence-electron chi connectivity index (χ2n) is 2.82. The molecule has 0 aromatic heterocycles. The van der Waals surface area contributed by atoms with Crippen molar-refractivity contribution in [2.45, 2.75) is 11.3 Å². The van der Waals surface area contributed by atoms with Crippen LogP contribution in [0.15, 0.2) is 41.4 Å². The minimum Gasteiger partial charge on any atom is -0.405 e. The highest BCUT2D eigenvalue weighted by Gasteiger charge is 2.05. The molecule has 4 nitrogen and oxygen atoms in total. The van der Waals surface area contributed by atoms with E-state index in [1.54, 1.807) is 18.2 Å². The first kappa shape index (κ1) is 10.7. The van der Waals surface area contributed by atoms with Crippen molar-refractivity contribution in [3.8, 4) is 0 Å². The summed E-state index contributed by atoms with van der Waals surface area (Å²) in [6, 6.07) is 6.38. The van der Waals surface area contributed by atoms with Crippen LogP contribution < -0.4 is 10.9 Å². The van der Waals surface area contributed by atoms with Gasteiger partial charge in [-0.05, 0) is 30.3 Å². The van der Waals surface area contributed by atoms with Crippen molar-refractivity contribution in [3.63, 3.8) is 0 Å². The van der Waals surface area contributed by atoms with Gasteiger partial charge in [0.05, 0.1) is 4.90 Å². The molecular formula is C9H12N2O2S. The number of primary sulfonamides is 1. The van der Waals surface area contributed by atoms with Crippen molar-refractivity contribution in [1.82, 2.24) is 0 Å². The highest BCUT2D eigenvalue weighted by atomic mass is 32.2. The molecule has 0 fully saturated rings. The van der Waals surface area contributed by atoms with Crippen LogP contribution in [0.4, 0.5) is 0 Å². The lowest BCUT2D eigenvalue weighted by Crippen LogP contribution is -2.11. The summed E-state index contributed by atoms with van der Waals surface area (Å²) in [7, 11) is -3.58. The van der Waals surface area contributed by atoms with Crippen molar-refractivity contribution in [2.24, 2.45) is 10.9 Å². The Balaban J connectivity index is 2.89. The van der Waals surface area contributed by atoms with Gasteiger partial charge in [-0.15, -0.1) is 0 Å². The summed E-state index contributed by atoms with van der Waals surface area (Å²) >= 11 is 0. The maximum absolute atomic E-state index is 10.9. The first-order chi connectivity index (χ1) is 6.54. The van der Waals surface area contributed by atoms with Crippen LogP contribution in [0.5, 0.6) is 0 Å². The highest BCUT2D eigenvalue weighted by molar-refractivity contribution is 7.89. The molecule has 4 N–H and O–H groups in total. The fourth-order valence-electron chi connectivity index (χ4n) is 1.02. The van der Waals surface area contributed by atoms with Crippen LogP contribution in [0.1, 0.15) is 5.56 Å². The van der Waals surface area contributed by atoms with E-state index in [-0.39, 0.29) is 4.90 Å². The fourth-order valence-corrected chi connectivity index (χ4v) is 1.53. The molecule has 0 spiro atoms. The molecule has 0 aliphatic rings. The Morgan fingerprint density at radius 3 is 2.21 bits per heavy atom. The van der Waals surface area contributed by atoms with Crippen LogP contribution in [0.25, 0.3) is 0 Å². The van der Waals surface area contributed by atoms with Crippen LogP contribution in [-0.4, -0.2) is 8.42 Å². The average molecular weight is 212 g/mol. The highest BCUT2D eigenvalue weighted by Crippen LogP contribution is 2.09. The van der Waals surface area contributed by atoms with E-state index in [9.17, 15) is 8.42 Å². The van der Waals surface area contributed by atoms with Gasteiger partial charge in [-0.25, -0.2) is 13.6 Å². The van der Waals surface area contributed by atoms with Crippen LogP contribution in [0.2, 0.25) is 0 Å². The van der Waals surface area contributed by atoms with E-state index in [1.165, 1.54) is 18.3 Å². The maximum Gasteiger partial charge on any atom is 0.238 e. The molecule has 0 heterocycles. The number of hydrogen-bond donors (Lipinski definition) is 2. The van der Waals surface area contributed by atoms with Gasteiger partial charge in [0.15, 0.2) is 0 Å². The van der Waals surface area contributed by atoms with Crippen molar-refractivity contribution in [3.05, 3.63) is 42.1 Å². The third-order valence-corrected chi connectivity index (χ3v) is 2.67. The van der Waals surface area contributed by atoms with Crippen LogP contribution in [-0.2, 0) is 16.4 Å². The third kappa shape index (κ3) is 2.86. The molecule has 1 aromatic rings. The molecule has 5 heteroatoms. The summed E-state index contributed by atoms with van der Waals surface area (Å²) in [5.41, 5.74) is 6.16. The zero-order chi connectivity index (χ0) is 10.6. The number of allylic oxidation sites excluding steroid dienone is 1. The Morgan fingerprint density at radius 2 is 1.79 bits per heavy atom. The number of nitrogens with two attached hydrogens (primary N) is 2. The zero-order valence-corrected chi connectivity index (χ0v) is 8.37. The number of sulfonamides is 1. The Morgan fingerprint density at radius 1 is 1.21 bits per heavy atom. The summed E-state index contributed by atoms with van der Waals surface area (Å²) < 4.78 is 21.8. The second-order valence-corrected chi connectivity index (χ2v) is 4.38. The lowest BCUT2D eigenvalue weighted by atomic mass is 10.1. The largest absolute Gasteiger partial charge is 0.405 e. The van der Waals surface area contributed by atoms with E-state index in [4.69, 9.17) is 10.9 Å². The molecule has 0 aliphatic carbocycles. The van der Waals surface area contributed by atoms with Crippen LogP contribution in [0, 0.1) is 0 Å². The Bertz CT molecular complexity index is 421. The lowest BCUT2D eigenvalue weighted by Gasteiger charge is -1.99. The van der Waals surface area contributed by atoms with Crippen molar-refractivity contribution < 1.29 is 8.42 Å². The zero-order valence-electron chi connectivity index (χ0n) is 7.55. The minimum absolute atomic E-state index is 0.123. The smallest absolute Gasteiger partial charge is 0.238 e. The summed E-state index contributed by atoms with van der Waals surface area (Å²) in [6.07, 6.45) is 3.92. The normalized spacial score (nSPS) is 12.1. The van der Waals surface area contributed by atoms with Gasteiger partial charge in [0.2, 0.25) is 10.0 Å². The van der Waals surface area contributed by atoms with Gasteiger partial charge >= 0.3 is 0 Å². The molecule has 76 valence electrons. The topological polar surface area (TPSA) is 86.2 Å². The Hall–Kier alpha value is -1.33. The molecule has 0 unspecified atom stereocenters. The SMILES string of the molecule is NC=CCc1ccc(S(N)(=O)=O)cc1. The number of hydrogen-bond acceptors (Lipinski definition) is 3. The quantitative estimate of drug-likeness (QED) is 0.758. The predicted octanol–water partition coefficient (Wildman–Crippen LogP) is 0.349. The van der Waals surface area contributed by atoms with Crippen LogP contribution in [0.3, 0.4) is 0 Å². The van der Waals surface area contributed by atoms with Crippen molar-refractivity contribution in [2.75, 3.05) is 0 Å². The fraction of sp³-hybridized carbons (Fsp3) is 0.111. The molecule has 1 rings (SSSR count). The molecule has 0 saturated carbocycles. The summed E-state index contributed by atoms with van der Waals surface area (Å²) in [6.45, 7) is 0. The molecule has 0 bridgehead atoms. The van der Waals surface area contributed by atoms with E-state index in [1.807, 2.05) is 0 Å². The summed E-state index contributed by atoms with van der Waals surface area (Å²) in [5, 5.41) is 4.95. The minimum atomic E-state index is -3.58. The Labute approximate surface area is 83.3 Å². The predicted molar refractivity (Wildman–Crippen MR) is 54.8 cm³/mol. The molecule has 14 heavy (non-hydrogen) atoms. The number of benzene rings is 1. The lowest BCUT2D eigenvalue weighted by molar-refractivity contribution is 0.598. The van der Waals surface area contributed by atoms with E-state index >= 15 is 0 Å². The standard InChI is InChI=1S/C9H12N2O2S/c10-7-1-2-8-3-5-9(6-4-8)14(11,12)13/h1,3-7H,2,10H2,(H2,11,12,13). The van der Waals surface area contributed by atoms with Crippen molar-refractivity contribution in [1.29, 1.82) is 0 Å². The van der Waals surface area contributed by atoms with Gasteiger partial charge in [0.25, 0.3) is 0 Å². The third-order valence-electron chi connectivity index (χ3n) is 1.74. The van der Waals surface area contributed by atoms with Gasteiger partial charge in [-0.3, -0.25) is 0 Å². The van der Waals surface area contributed by atoms with Gasteiger partial charge in [-0.1, -0.05) is 18.2 Å². The first-order valence-electron chi connectivity index (χ1n) is 4.02.